The minimum atomic E-state index is -1.17. The number of hydrogen-bond donors (Lipinski definition) is 0. The highest BCUT2D eigenvalue weighted by atomic mass is 35.5. The SMILES string of the molecule is CCOC(=O)[C@@]12CCCC=C1N(CCc1ccc(Cl)cc1)C(=O)[C@H]2CC(=O)N1CCN(C(=O)c2ccco2)CC1. The van der Waals surface area contributed by atoms with Crippen molar-refractivity contribution in [1.82, 2.24) is 14.7 Å². The molecule has 5 rings (SSSR count). The van der Waals surface area contributed by atoms with Gasteiger partial charge in [-0.25, -0.2) is 0 Å². The van der Waals surface area contributed by atoms with Crippen LogP contribution in [0, 0.1) is 11.3 Å². The summed E-state index contributed by atoms with van der Waals surface area (Å²) in [5.74, 6) is -1.62. The van der Waals surface area contributed by atoms with E-state index in [1.165, 1.54) is 6.26 Å². The Labute approximate surface area is 238 Å². The number of esters is 1. The minimum Gasteiger partial charge on any atom is -0.465 e. The summed E-state index contributed by atoms with van der Waals surface area (Å²) in [5.41, 5.74) is 0.526. The highest BCUT2D eigenvalue weighted by Crippen LogP contribution is 2.53. The molecule has 0 spiro atoms. The van der Waals surface area contributed by atoms with Crippen LogP contribution in [0.25, 0.3) is 0 Å². The predicted octanol–water partition coefficient (Wildman–Crippen LogP) is 3.93. The number of hydrogen-bond acceptors (Lipinski definition) is 6. The van der Waals surface area contributed by atoms with Gasteiger partial charge >= 0.3 is 5.97 Å². The number of halogens is 1. The normalized spacial score (nSPS) is 22.6. The molecule has 3 heterocycles. The number of benzene rings is 1. The summed E-state index contributed by atoms with van der Waals surface area (Å²) in [7, 11) is 0. The first kappa shape index (κ1) is 28.0. The molecule has 2 aromatic rings. The molecule has 1 aromatic carbocycles. The van der Waals surface area contributed by atoms with Crippen molar-refractivity contribution in [1.29, 1.82) is 0 Å². The van der Waals surface area contributed by atoms with Gasteiger partial charge in [0, 0.05) is 49.9 Å². The van der Waals surface area contributed by atoms with Crippen LogP contribution in [0.1, 0.15) is 48.7 Å². The van der Waals surface area contributed by atoms with E-state index in [0.717, 1.165) is 18.4 Å². The van der Waals surface area contributed by atoms with Gasteiger partial charge < -0.3 is 23.9 Å². The molecule has 10 heteroatoms. The Bertz CT molecular complexity index is 1280. The van der Waals surface area contributed by atoms with E-state index in [9.17, 15) is 19.2 Å². The summed E-state index contributed by atoms with van der Waals surface area (Å²) < 4.78 is 10.8. The Hall–Kier alpha value is -3.59. The first-order valence-corrected chi connectivity index (χ1v) is 14.3. The largest absolute Gasteiger partial charge is 0.465 e. The Morgan fingerprint density at radius 3 is 2.48 bits per heavy atom. The monoisotopic (exact) mass is 567 g/mol. The molecule has 3 amide bonds. The maximum Gasteiger partial charge on any atom is 0.318 e. The van der Waals surface area contributed by atoms with Crippen molar-refractivity contribution in [3.05, 3.63) is 70.8 Å². The maximum atomic E-state index is 14.0. The van der Waals surface area contributed by atoms with Gasteiger partial charge in [0.05, 0.1) is 18.8 Å². The lowest BCUT2D eigenvalue weighted by Crippen LogP contribution is -2.51. The van der Waals surface area contributed by atoms with Crippen molar-refractivity contribution >= 4 is 35.3 Å². The van der Waals surface area contributed by atoms with E-state index in [4.69, 9.17) is 20.8 Å². The molecule has 2 atom stereocenters. The van der Waals surface area contributed by atoms with Gasteiger partial charge in [0.1, 0.15) is 5.41 Å². The lowest BCUT2D eigenvalue weighted by atomic mass is 9.68. The number of carbonyl (C=O) groups is 4. The molecule has 1 aromatic heterocycles. The van der Waals surface area contributed by atoms with Crippen LogP contribution < -0.4 is 0 Å². The number of carbonyl (C=O) groups excluding carboxylic acids is 4. The number of allylic oxidation sites excluding steroid dienone is 1. The quantitative estimate of drug-likeness (QED) is 0.448. The van der Waals surface area contributed by atoms with Crippen molar-refractivity contribution in [3.8, 4) is 0 Å². The van der Waals surface area contributed by atoms with E-state index < -0.39 is 17.3 Å². The molecular weight excluding hydrogens is 534 g/mol. The number of furan rings is 1. The molecule has 0 radical (unpaired) electrons. The van der Waals surface area contributed by atoms with E-state index in [1.807, 2.05) is 30.3 Å². The van der Waals surface area contributed by atoms with Crippen LogP contribution in [-0.4, -0.2) is 77.7 Å². The molecule has 9 nitrogen and oxygen atoms in total. The van der Waals surface area contributed by atoms with Crippen LogP contribution in [-0.2, 0) is 25.5 Å². The third-order valence-electron chi connectivity index (χ3n) is 8.23. The third-order valence-corrected chi connectivity index (χ3v) is 8.48. The van der Waals surface area contributed by atoms with Gasteiger partial charge in [-0.2, -0.15) is 0 Å². The highest BCUT2D eigenvalue weighted by molar-refractivity contribution is 6.30. The topological polar surface area (TPSA) is 100 Å². The minimum absolute atomic E-state index is 0.0848. The standard InChI is InChI=1S/C30H34ClN3O6/c1-2-39-29(38)30-13-4-3-7-25(30)34(14-12-21-8-10-22(31)11-9-21)27(36)23(30)20-26(35)32-15-17-33(18-16-32)28(37)24-6-5-19-40-24/h5-11,19,23H,2-4,12-18,20H2,1H3/t23-,30-/m1/s1. The third kappa shape index (κ3) is 5.27. The fraction of sp³-hybridized carbons (Fsp3) is 0.467. The molecule has 3 aliphatic rings. The molecule has 212 valence electrons. The van der Waals surface area contributed by atoms with Crippen LogP contribution in [0.3, 0.4) is 0 Å². The maximum absolute atomic E-state index is 14.0. The summed E-state index contributed by atoms with van der Waals surface area (Å²) in [6.45, 7) is 3.77. The number of likely N-dealkylation sites (tertiary alicyclic amines) is 1. The van der Waals surface area contributed by atoms with E-state index in [-0.39, 0.29) is 36.5 Å². The van der Waals surface area contributed by atoms with E-state index in [2.05, 4.69) is 0 Å². The van der Waals surface area contributed by atoms with E-state index in [1.54, 1.807) is 33.8 Å². The van der Waals surface area contributed by atoms with Gasteiger partial charge in [0.15, 0.2) is 5.76 Å². The predicted molar refractivity (Wildman–Crippen MR) is 147 cm³/mol. The fourth-order valence-electron chi connectivity index (χ4n) is 6.16. The summed E-state index contributed by atoms with van der Waals surface area (Å²) in [4.78, 5) is 58.8. The number of ether oxygens (including phenoxy) is 1. The van der Waals surface area contributed by atoms with Gasteiger partial charge in [-0.1, -0.05) is 29.8 Å². The van der Waals surface area contributed by atoms with Crippen molar-refractivity contribution < 1.29 is 28.3 Å². The van der Waals surface area contributed by atoms with Crippen molar-refractivity contribution in [2.24, 2.45) is 11.3 Å². The molecule has 1 aliphatic carbocycles. The average molecular weight is 568 g/mol. The lowest BCUT2D eigenvalue weighted by molar-refractivity contribution is -0.158. The zero-order valence-corrected chi connectivity index (χ0v) is 23.4. The number of piperazine rings is 1. The van der Waals surface area contributed by atoms with Gasteiger partial charge in [-0.3, -0.25) is 19.2 Å². The Morgan fingerprint density at radius 1 is 1.07 bits per heavy atom. The smallest absolute Gasteiger partial charge is 0.318 e. The van der Waals surface area contributed by atoms with E-state index in [0.29, 0.717) is 56.3 Å². The molecule has 40 heavy (non-hydrogen) atoms. The van der Waals surface area contributed by atoms with Crippen LogP contribution in [0.2, 0.25) is 5.02 Å². The zero-order valence-electron chi connectivity index (χ0n) is 22.6. The van der Waals surface area contributed by atoms with Gasteiger partial charge in [-0.05, 0) is 62.4 Å². The van der Waals surface area contributed by atoms with Gasteiger partial charge in [0.25, 0.3) is 5.91 Å². The second-order valence-electron chi connectivity index (χ2n) is 10.4. The summed E-state index contributed by atoms with van der Waals surface area (Å²) in [5, 5.41) is 0.641. The van der Waals surface area contributed by atoms with E-state index >= 15 is 0 Å². The highest BCUT2D eigenvalue weighted by Gasteiger charge is 2.62. The molecule has 2 aliphatic heterocycles. The van der Waals surface area contributed by atoms with Crippen molar-refractivity contribution in [3.63, 3.8) is 0 Å². The number of rotatable bonds is 8. The second-order valence-corrected chi connectivity index (χ2v) is 10.9. The molecule has 0 bridgehead atoms. The summed E-state index contributed by atoms with van der Waals surface area (Å²) in [6, 6.07) is 10.8. The fourth-order valence-corrected chi connectivity index (χ4v) is 6.29. The van der Waals surface area contributed by atoms with Crippen LogP contribution in [0.5, 0.6) is 0 Å². The molecule has 2 saturated heterocycles. The average Bonchev–Trinajstić information content (AvgIpc) is 3.59. The summed E-state index contributed by atoms with van der Waals surface area (Å²) in [6.07, 6.45) is 5.89. The summed E-state index contributed by atoms with van der Waals surface area (Å²) >= 11 is 6.03. The number of nitrogens with zero attached hydrogens (tertiary/aromatic N) is 3. The second kappa shape index (κ2) is 11.9. The van der Waals surface area contributed by atoms with Crippen molar-refractivity contribution in [2.75, 3.05) is 39.3 Å². The molecule has 2 fully saturated rings. The Kier molecular flexibility index (Phi) is 8.30. The zero-order chi connectivity index (χ0) is 28.3. The number of amides is 3. The van der Waals surface area contributed by atoms with Crippen LogP contribution in [0.15, 0.2) is 58.9 Å². The van der Waals surface area contributed by atoms with Crippen LogP contribution >= 0.6 is 11.6 Å². The van der Waals surface area contributed by atoms with Crippen LogP contribution in [0.4, 0.5) is 0 Å². The molecular formula is C30H34ClN3O6. The van der Waals surface area contributed by atoms with Crippen molar-refractivity contribution in [2.45, 2.75) is 39.0 Å². The van der Waals surface area contributed by atoms with Gasteiger partial charge in [0.2, 0.25) is 11.8 Å². The molecule has 0 saturated carbocycles. The number of fused-ring (bicyclic) bond motifs is 1. The first-order chi connectivity index (χ1) is 19.3. The molecule has 0 unspecified atom stereocenters. The first-order valence-electron chi connectivity index (χ1n) is 13.9. The lowest BCUT2D eigenvalue weighted by Gasteiger charge is -2.37. The van der Waals surface area contributed by atoms with Gasteiger partial charge in [-0.15, -0.1) is 0 Å². The molecule has 0 N–H and O–H groups in total. The Balaban J connectivity index is 1.33. The Morgan fingerprint density at radius 2 is 1.80 bits per heavy atom.